The SMILES string of the molecule is COC(C)(C)CCn1cnc(C#N)c1C#N. The van der Waals surface area contributed by atoms with Gasteiger partial charge >= 0.3 is 0 Å². The van der Waals surface area contributed by atoms with Crippen LogP contribution in [0.15, 0.2) is 6.33 Å². The topological polar surface area (TPSA) is 74.6 Å². The molecule has 0 spiro atoms. The molecule has 1 aromatic heterocycles. The Hall–Kier alpha value is -1.85. The summed E-state index contributed by atoms with van der Waals surface area (Å²) >= 11 is 0. The van der Waals surface area contributed by atoms with Gasteiger partial charge in [0.05, 0.1) is 11.9 Å². The summed E-state index contributed by atoms with van der Waals surface area (Å²) < 4.78 is 6.96. The minimum atomic E-state index is -0.246. The molecule has 0 bridgehead atoms. The van der Waals surface area contributed by atoms with Crippen LogP contribution in [-0.2, 0) is 11.3 Å². The Bertz CT molecular complexity index is 448. The fraction of sp³-hybridized carbons (Fsp3) is 0.545. The van der Waals surface area contributed by atoms with E-state index in [9.17, 15) is 0 Å². The third-order valence-electron chi connectivity index (χ3n) is 2.56. The minimum absolute atomic E-state index is 0.178. The molecular weight excluding hydrogens is 204 g/mol. The van der Waals surface area contributed by atoms with Crippen molar-refractivity contribution in [2.24, 2.45) is 0 Å². The molecule has 0 saturated heterocycles. The number of aryl methyl sites for hydroxylation is 1. The molecule has 5 nitrogen and oxygen atoms in total. The Labute approximate surface area is 94.9 Å². The second kappa shape index (κ2) is 4.78. The molecule has 0 amide bonds. The van der Waals surface area contributed by atoms with Crippen LogP contribution in [0.25, 0.3) is 0 Å². The molecule has 16 heavy (non-hydrogen) atoms. The number of hydrogen-bond acceptors (Lipinski definition) is 4. The predicted molar refractivity (Wildman–Crippen MR) is 57.4 cm³/mol. The van der Waals surface area contributed by atoms with Crippen LogP contribution in [0.3, 0.4) is 0 Å². The largest absolute Gasteiger partial charge is 0.379 e. The summed E-state index contributed by atoms with van der Waals surface area (Å²) in [5.41, 5.74) is 0.246. The molecule has 0 N–H and O–H groups in total. The van der Waals surface area contributed by atoms with Gasteiger partial charge in [0.15, 0.2) is 11.4 Å². The van der Waals surface area contributed by atoms with Crippen molar-refractivity contribution in [3.63, 3.8) is 0 Å². The Morgan fingerprint density at radius 2 is 2.12 bits per heavy atom. The smallest absolute Gasteiger partial charge is 0.176 e. The standard InChI is InChI=1S/C11H14N4O/c1-11(2,16-3)4-5-15-8-14-9(6-12)10(15)7-13/h8H,4-5H2,1-3H3. The maximum Gasteiger partial charge on any atom is 0.176 e. The Balaban J connectivity index is 2.81. The zero-order valence-electron chi connectivity index (χ0n) is 9.69. The van der Waals surface area contributed by atoms with Crippen LogP contribution in [-0.4, -0.2) is 22.3 Å². The summed E-state index contributed by atoms with van der Waals surface area (Å²) in [4.78, 5) is 3.87. The van der Waals surface area contributed by atoms with Crippen molar-refractivity contribution in [1.82, 2.24) is 9.55 Å². The molecule has 0 atom stereocenters. The van der Waals surface area contributed by atoms with Gasteiger partial charge < -0.3 is 9.30 Å². The highest BCUT2D eigenvalue weighted by molar-refractivity contribution is 5.35. The summed E-state index contributed by atoms with van der Waals surface area (Å²) in [7, 11) is 1.65. The minimum Gasteiger partial charge on any atom is -0.379 e. The van der Waals surface area contributed by atoms with Gasteiger partial charge in [0.25, 0.3) is 0 Å². The highest BCUT2D eigenvalue weighted by Gasteiger charge is 2.18. The van der Waals surface area contributed by atoms with Gasteiger partial charge in [0.1, 0.15) is 12.1 Å². The van der Waals surface area contributed by atoms with Crippen molar-refractivity contribution in [1.29, 1.82) is 10.5 Å². The van der Waals surface area contributed by atoms with Gasteiger partial charge in [-0.15, -0.1) is 0 Å². The monoisotopic (exact) mass is 218 g/mol. The van der Waals surface area contributed by atoms with Crippen molar-refractivity contribution in [3.8, 4) is 12.1 Å². The van der Waals surface area contributed by atoms with Crippen LogP contribution in [0.1, 0.15) is 31.7 Å². The summed E-state index contributed by atoms with van der Waals surface area (Å²) in [5, 5.41) is 17.6. The molecule has 0 radical (unpaired) electrons. The third-order valence-corrected chi connectivity index (χ3v) is 2.56. The first kappa shape index (κ1) is 12.2. The number of ether oxygens (including phenoxy) is 1. The van der Waals surface area contributed by atoms with Crippen molar-refractivity contribution in [2.45, 2.75) is 32.4 Å². The Kier molecular flexibility index (Phi) is 3.65. The molecule has 5 heteroatoms. The first-order valence-electron chi connectivity index (χ1n) is 4.94. The van der Waals surface area contributed by atoms with Crippen molar-refractivity contribution < 1.29 is 4.74 Å². The van der Waals surface area contributed by atoms with E-state index in [1.807, 2.05) is 26.0 Å². The van der Waals surface area contributed by atoms with Crippen LogP contribution in [0, 0.1) is 22.7 Å². The van der Waals surface area contributed by atoms with E-state index in [2.05, 4.69) is 4.98 Å². The van der Waals surface area contributed by atoms with E-state index in [4.69, 9.17) is 15.3 Å². The van der Waals surface area contributed by atoms with E-state index in [1.165, 1.54) is 6.33 Å². The number of rotatable bonds is 4. The number of nitrogens with zero attached hydrogens (tertiary/aromatic N) is 4. The number of hydrogen-bond donors (Lipinski definition) is 0. The molecule has 1 aromatic rings. The third kappa shape index (κ3) is 2.59. The van der Waals surface area contributed by atoms with E-state index in [1.54, 1.807) is 11.7 Å². The van der Waals surface area contributed by atoms with E-state index < -0.39 is 0 Å². The molecule has 0 aromatic carbocycles. The first-order valence-corrected chi connectivity index (χ1v) is 4.94. The lowest BCUT2D eigenvalue weighted by Crippen LogP contribution is -2.24. The van der Waals surface area contributed by atoms with Crippen LogP contribution in [0.4, 0.5) is 0 Å². The van der Waals surface area contributed by atoms with E-state index in [0.29, 0.717) is 12.2 Å². The predicted octanol–water partition coefficient (Wildman–Crippen LogP) is 1.44. The highest BCUT2D eigenvalue weighted by Crippen LogP contribution is 2.15. The zero-order chi connectivity index (χ0) is 12.2. The van der Waals surface area contributed by atoms with Crippen LogP contribution < -0.4 is 0 Å². The molecule has 1 heterocycles. The molecule has 0 aliphatic rings. The molecule has 0 unspecified atom stereocenters. The number of nitriles is 2. The quantitative estimate of drug-likeness (QED) is 0.766. The Morgan fingerprint density at radius 3 is 2.62 bits per heavy atom. The van der Waals surface area contributed by atoms with Gasteiger partial charge in [-0.05, 0) is 20.3 Å². The van der Waals surface area contributed by atoms with E-state index in [-0.39, 0.29) is 11.3 Å². The van der Waals surface area contributed by atoms with Gasteiger partial charge in [0, 0.05) is 13.7 Å². The summed E-state index contributed by atoms with van der Waals surface area (Å²) in [6, 6.07) is 3.88. The molecule has 0 aliphatic carbocycles. The summed E-state index contributed by atoms with van der Waals surface area (Å²) in [6.45, 7) is 4.56. The second-order valence-electron chi connectivity index (χ2n) is 4.07. The van der Waals surface area contributed by atoms with Gasteiger partial charge in [0.2, 0.25) is 0 Å². The van der Waals surface area contributed by atoms with Crippen LogP contribution >= 0.6 is 0 Å². The average Bonchev–Trinajstić information content (AvgIpc) is 2.68. The normalized spacial score (nSPS) is 10.8. The fourth-order valence-electron chi connectivity index (χ4n) is 1.24. The second-order valence-corrected chi connectivity index (χ2v) is 4.07. The summed E-state index contributed by atoms with van der Waals surface area (Å²) in [5.74, 6) is 0. The van der Waals surface area contributed by atoms with Gasteiger partial charge in [-0.3, -0.25) is 0 Å². The molecule has 0 saturated carbocycles. The number of methoxy groups -OCH3 is 1. The van der Waals surface area contributed by atoms with E-state index in [0.717, 1.165) is 6.42 Å². The number of imidazole rings is 1. The zero-order valence-corrected chi connectivity index (χ0v) is 9.69. The van der Waals surface area contributed by atoms with Crippen molar-refractivity contribution in [3.05, 3.63) is 17.7 Å². The van der Waals surface area contributed by atoms with Gasteiger partial charge in [-0.2, -0.15) is 10.5 Å². The molecule has 0 aliphatic heterocycles. The lowest BCUT2D eigenvalue weighted by Gasteiger charge is -2.22. The van der Waals surface area contributed by atoms with Crippen molar-refractivity contribution in [2.75, 3.05) is 7.11 Å². The lowest BCUT2D eigenvalue weighted by atomic mass is 10.1. The molecular formula is C11H14N4O. The highest BCUT2D eigenvalue weighted by atomic mass is 16.5. The van der Waals surface area contributed by atoms with E-state index >= 15 is 0 Å². The van der Waals surface area contributed by atoms with Crippen LogP contribution in [0.5, 0.6) is 0 Å². The van der Waals surface area contributed by atoms with Crippen molar-refractivity contribution >= 4 is 0 Å². The number of aromatic nitrogens is 2. The van der Waals surface area contributed by atoms with Gasteiger partial charge in [-0.25, -0.2) is 4.98 Å². The maximum absolute atomic E-state index is 8.91. The first-order chi connectivity index (χ1) is 7.54. The van der Waals surface area contributed by atoms with Crippen LogP contribution in [0.2, 0.25) is 0 Å². The average molecular weight is 218 g/mol. The molecule has 0 fully saturated rings. The summed E-state index contributed by atoms with van der Waals surface area (Å²) in [6.07, 6.45) is 2.27. The maximum atomic E-state index is 8.91. The Morgan fingerprint density at radius 1 is 1.44 bits per heavy atom. The molecule has 84 valence electrons. The van der Waals surface area contributed by atoms with Gasteiger partial charge in [-0.1, -0.05) is 0 Å². The fourth-order valence-corrected chi connectivity index (χ4v) is 1.24. The lowest BCUT2D eigenvalue weighted by molar-refractivity contribution is 0.0120. The molecule has 1 rings (SSSR count).